The maximum atomic E-state index is 10.4. The van der Waals surface area contributed by atoms with Gasteiger partial charge in [0.05, 0.1) is 5.60 Å². The molecule has 0 saturated heterocycles. The third-order valence-electron chi connectivity index (χ3n) is 5.42. The number of anilines is 1. The molecule has 2 aliphatic carbocycles. The van der Waals surface area contributed by atoms with E-state index in [9.17, 15) is 10.2 Å². The highest BCUT2D eigenvalue weighted by Gasteiger charge is 2.39. The number of phenolic OH excluding ortho intramolecular Hbond substituents is 1. The Kier molecular flexibility index (Phi) is 4.08. The van der Waals surface area contributed by atoms with Crippen LogP contribution in [0.15, 0.2) is 18.2 Å². The van der Waals surface area contributed by atoms with Crippen LogP contribution < -0.4 is 5.32 Å². The van der Waals surface area contributed by atoms with Crippen LogP contribution in [0.2, 0.25) is 0 Å². The van der Waals surface area contributed by atoms with E-state index in [1.165, 1.54) is 5.56 Å². The van der Waals surface area contributed by atoms with Crippen molar-refractivity contribution in [3.05, 3.63) is 34.9 Å². The van der Waals surface area contributed by atoms with Crippen molar-refractivity contribution in [1.29, 1.82) is 0 Å². The number of phenols is 1. The summed E-state index contributed by atoms with van der Waals surface area (Å²) < 4.78 is 0. The molecule has 2 aliphatic rings. The Hall–Kier alpha value is -2.58. The van der Waals surface area contributed by atoms with Crippen LogP contribution in [0.4, 0.5) is 5.82 Å². The van der Waals surface area contributed by atoms with E-state index >= 15 is 0 Å². The topological polar surface area (TPSA) is 78.3 Å². The zero-order chi connectivity index (χ0) is 18.3. The number of aliphatic hydroxyl groups is 1. The molecule has 0 spiro atoms. The quantitative estimate of drug-likeness (QED) is 0.743. The lowest BCUT2D eigenvalue weighted by Gasteiger charge is -2.41. The number of hydrogen-bond acceptors (Lipinski definition) is 5. The molecule has 4 rings (SSSR count). The standard InChI is InChI=1S/C21H23N3O2/c1-3-13-8-9-17(18(25)10-13)19-15-6-4-5-7-16(15)20(24-23-19)22-14-11-21(2,26)12-14/h1,8-10,14,25-26H,4-7,11-12H2,2H3,(H,22,24). The normalized spacial score (nSPS) is 24.3. The van der Waals surface area contributed by atoms with Gasteiger partial charge in [-0.1, -0.05) is 5.92 Å². The van der Waals surface area contributed by atoms with Crippen molar-refractivity contribution in [2.75, 3.05) is 5.32 Å². The third kappa shape index (κ3) is 3.02. The fraction of sp³-hybridized carbons (Fsp3) is 0.429. The molecule has 0 atom stereocenters. The van der Waals surface area contributed by atoms with Crippen molar-refractivity contribution in [2.24, 2.45) is 0 Å². The molecular weight excluding hydrogens is 326 g/mol. The Morgan fingerprint density at radius 3 is 2.58 bits per heavy atom. The molecule has 0 aliphatic heterocycles. The van der Waals surface area contributed by atoms with Gasteiger partial charge in [0, 0.05) is 22.7 Å². The largest absolute Gasteiger partial charge is 0.507 e. The van der Waals surface area contributed by atoms with Gasteiger partial charge in [0.2, 0.25) is 0 Å². The maximum Gasteiger partial charge on any atom is 0.152 e. The minimum atomic E-state index is -0.574. The average Bonchev–Trinajstić information content (AvgIpc) is 2.61. The second-order valence-corrected chi connectivity index (χ2v) is 7.68. The van der Waals surface area contributed by atoms with Crippen LogP contribution in [0.1, 0.15) is 49.3 Å². The lowest BCUT2D eigenvalue weighted by atomic mass is 9.77. The van der Waals surface area contributed by atoms with E-state index in [1.807, 2.05) is 19.1 Å². The summed E-state index contributed by atoms with van der Waals surface area (Å²) in [7, 11) is 0. The Labute approximate surface area is 153 Å². The highest BCUT2D eigenvalue weighted by molar-refractivity contribution is 5.73. The van der Waals surface area contributed by atoms with Crippen LogP contribution in [0.5, 0.6) is 5.75 Å². The first-order valence-electron chi connectivity index (χ1n) is 9.14. The van der Waals surface area contributed by atoms with Gasteiger partial charge in [0.25, 0.3) is 0 Å². The van der Waals surface area contributed by atoms with Gasteiger partial charge in [-0.15, -0.1) is 16.6 Å². The number of hydrogen-bond donors (Lipinski definition) is 3. The molecule has 0 amide bonds. The average molecular weight is 349 g/mol. The molecule has 0 radical (unpaired) electrons. The molecule has 1 heterocycles. The number of nitrogens with one attached hydrogen (secondary N) is 1. The van der Waals surface area contributed by atoms with E-state index in [0.717, 1.165) is 55.6 Å². The van der Waals surface area contributed by atoms with Gasteiger partial charge >= 0.3 is 0 Å². The highest BCUT2D eigenvalue weighted by atomic mass is 16.3. The van der Waals surface area contributed by atoms with Crippen molar-refractivity contribution in [3.63, 3.8) is 0 Å². The molecule has 1 aromatic heterocycles. The summed E-state index contributed by atoms with van der Waals surface area (Å²) in [4.78, 5) is 0. The fourth-order valence-corrected chi connectivity index (χ4v) is 4.10. The lowest BCUT2D eigenvalue weighted by molar-refractivity contribution is -0.0235. The molecule has 26 heavy (non-hydrogen) atoms. The number of nitrogens with zero attached hydrogens (tertiary/aromatic N) is 2. The molecule has 0 unspecified atom stereocenters. The summed E-state index contributed by atoms with van der Waals surface area (Å²) in [6, 6.07) is 5.46. The van der Waals surface area contributed by atoms with Crippen molar-refractivity contribution in [3.8, 4) is 29.4 Å². The van der Waals surface area contributed by atoms with E-state index < -0.39 is 5.60 Å². The summed E-state index contributed by atoms with van der Waals surface area (Å²) in [5.74, 6) is 3.49. The first-order valence-corrected chi connectivity index (χ1v) is 9.14. The Balaban J connectivity index is 1.70. The SMILES string of the molecule is C#Cc1ccc(-c2nnc(NC3CC(C)(O)C3)c3c2CCCC3)c(O)c1. The van der Waals surface area contributed by atoms with Crippen molar-refractivity contribution >= 4 is 5.82 Å². The molecule has 1 fully saturated rings. The summed E-state index contributed by atoms with van der Waals surface area (Å²) >= 11 is 0. The van der Waals surface area contributed by atoms with Gasteiger partial charge in [-0.2, -0.15) is 0 Å². The van der Waals surface area contributed by atoms with Gasteiger partial charge in [-0.25, -0.2) is 0 Å². The second-order valence-electron chi connectivity index (χ2n) is 7.68. The summed E-state index contributed by atoms with van der Waals surface area (Å²) in [5, 5.41) is 32.7. The Morgan fingerprint density at radius 2 is 1.92 bits per heavy atom. The molecular formula is C21H23N3O2. The first kappa shape index (κ1) is 16.9. The van der Waals surface area contributed by atoms with Crippen LogP contribution >= 0.6 is 0 Å². The number of rotatable bonds is 3. The molecule has 1 saturated carbocycles. The highest BCUT2D eigenvalue weighted by Crippen LogP contribution is 2.39. The zero-order valence-corrected chi connectivity index (χ0v) is 14.9. The van der Waals surface area contributed by atoms with Crippen molar-refractivity contribution in [2.45, 2.75) is 57.1 Å². The summed E-state index contributed by atoms with van der Waals surface area (Å²) in [6.07, 6.45) is 11.0. The molecule has 3 N–H and O–H groups in total. The number of aromatic hydroxyl groups is 1. The van der Waals surface area contributed by atoms with Crippen LogP contribution in [-0.2, 0) is 12.8 Å². The van der Waals surface area contributed by atoms with E-state index in [2.05, 4.69) is 21.4 Å². The van der Waals surface area contributed by atoms with Crippen LogP contribution in [-0.4, -0.2) is 32.1 Å². The predicted molar refractivity (Wildman–Crippen MR) is 101 cm³/mol. The molecule has 5 heteroatoms. The summed E-state index contributed by atoms with van der Waals surface area (Å²) in [5.41, 5.74) is 3.83. The predicted octanol–water partition coefficient (Wildman–Crippen LogP) is 3.03. The Morgan fingerprint density at radius 1 is 1.19 bits per heavy atom. The van der Waals surface area contributed by atoms with Crippen LogP contribution in [0, 0.1) is 12.3 Å². The van der Waals surface area contributed by atoms with E-state index in [0.29, 0.717) is 11.1 Å². The third-order valence-corrected chi connectivity index (χ3v) is 5.42. The van der Waals surface area contributed by atoms with Gasteiger partial charge in [0.1, 0.15) is 11.4 Å². The Bertz CT molecular complexity index is 891. The lowest BCUT2D eigenvalue weighted by Crippen LogP contribution is -2.48. The molecule has 0 bridgehead atoms. The number of benzene rings is 1. The van der Waals surface area contributed by atoms with Crippen molar-refractivity contribution in [1.82, 2.24) is 10.2 Å². The van der Waals surface area contributed by atoms with Gasteiger partial charge in [-0.05, 0) is 69.2 Å². The van der Waals surface area contributed by atoms with E-state index in [-0.39, 0.29) is 11.8 Å². The first-order chi connectivity index (χ1) is 12.5. The van der Waals surface area contributed by atoms with Crippen LogP contribution in [0.3, 0.4) is 0 Å². The summed E-state index contributed by atoms with van der Waals surface area (Å²) in [6.45, 7) is 1.86. The van der Waals surface area contributed by atoms with Crippen LogP contribution in [0.25, 0.3) is 11.3 Å². The van der Waals surface area contributed by atoms with Crippen molar-refractivity contribution < 1.29 is 10.2 Å². The monoisotopic (exact) mass is 349 g/mol. The van der Waals surface area contributed by atoms with Gasteiger partial charge in [-0.3, -0.25) is 0 Å². The van der Waals surface area contributed by atoms with E-state index in [4.69, 9.17) is 6.42 Å². The molecule has 134 valence electrons. The zero-order valence-electron chi connectivity index (χ0n) is 14.9. The maximum absolute atomic E-state index is 10.4. The molecule has 1 aromatic carbocycles. The minimum Gasteiger partial charge on any atom is -0.507 e. The minimum absolute atomic E-state index is 0.137. The fourth-order valence-electron chi connectivity index (χ4n) is 4.10. The number of fused-ring (bicyclic) bond motifs is 1. The molecule has 5 nitrogen and oxygen atoms in total. The van der Waals surface area contributed by atoms with Gasteiger partial charge in [0.15, 0.2) is 5.82 Å². The second kappa shape index (κ2) is 6.30. The molecule has 2 aromatic rings. The van der Waals surface area contributed by atoms with E-state index in [1.54, 1.807) is 6.07 Å². The number of aromatic nitrogens is 2. The van der Waals surface area contributed by atoms with Gasteiger partial charge < -0.3 is 15.5 Å². The smallest absolute Gasteiger partial charge is 0.152 e. The number of terminal acetylenes is 1.